The molecule has 0 radical (unpaired) electrons. The molecule has 0 saturated heterocycles. The van der Waals surface area contributed by atoms with E-state index in [9.17, 15) is 9.59 Å². The Morgan fingerprint density at radius 2 is 1.85 bits per heavy atom. The minimum Gasteiger partial charge on any atom is -0.497 e. The predicted octanol–water partition coefficient (Wildman–Crippen LogP) is 3.00. The number of hydrogen-bond donors (Lipinski definition) is 0. The van der Waals surface area contributed by atoms with Crippen LogP contribution in [0.1, 0.15) is 23.5 Å². The first kappa shape index (κ1) is 17.1. The van der Waals surface area contributed by atoms with Gasteiger partial charge in [0.1, 0.15) is 17.2 Å². The molecule has 0 aliphatic carbocycles. The summed E-state index contributed by atoms with van der Waals surface area (Å²) in [6.07, 6.45) is 0.0727. The minimum atomic E-state index is -0.453. The fraction of sp³-hybridized carbons (Fsp3) is 0.238. The number of hydrogen-bond acceptors (Lipinski definition) is 5. The Labute approximate surface area is 155 Å². The Balaban J connectivity index is 2.02. The number of methoxy groups -OCH3 is 2. The van der Waals surface area contributed by atoms with E-state index in [2.05, 4.69) is 0 Å². The van der Waals surface area contributed by atoms with Gasteiger partial charge in [-0.2, -0.15) is 0 Å². The smallest absolute Gasteiger partial charge is 0.312 e. The first-order valence-electron chi connectivity index (χ1n) is 8.59. The highest BCUT2D eigenvalue weighted by atomic mass is 16.5. The highest BCUT2D eigenvalue weighted by Crippen LogP contribution is 2.43. The molecule has 138 valence electrons. The highest BCUT2D eigenvalue weighted by molar-refractivity contribution is 5.91. The Morgan fingerprint density at radius 1 is 1.07 bits per heavy atom. The number of aryl methyl sites for hydroxylation is 1. The molecule has 1 aromatic heterocycles. The van der Waals surface area contributed by atoms with E-state index in [1.54, 1.807) is 38.0 Å². The van der Waals surface area contributed by atoms with Crippen molar-refractivity contribution in [1.29, 1.82) is 0 Å². The molecular formula is C21H19NO5. The summed E-state index contributed by atoms with van der Waals surface area (Å²) in [5, 5.41) is 0.736. The first-order chi connectivity index (χ1) is 13.0. The third-order valence-electron chi connectivity index (χ3n) is 5.04. The van der Waals surface area contributed by atoms with Crippen LogP contribution in [0.3, 0.4) is 0 Å². The van der Waals surface area contributed by atoms with Gasteiger partial charge in [0.2, 0.25) is 0 Å². The lowest BCUT2D eigenvalue weighted by molar-refractivity contribution is -0.135. The second-order valence-electron chi connectivity index (χ2n) is 6.46. The van der Waals surface area contributed by atoms with Crippen molar-refractivity contribution < 1.29 is 19.0 Å². The molecule has 0 bridgehead atoms. The van der Waals surface area contributed by atoms with E-state index >= 15 is 0 Å². The standard InChI is InChI=1S/C21H19NO5/c1-22-16-7-5-4-6-14(16)20-19(21(22)24)15(11-18(23)27-20)13-9-8-12(25-2)10-17(13)26-3/h4-10,15H,11H2,1-3H3. The van der Waals surface area contributed by atoms with Gasteiger partial charge < -0.3 is 18.8 Å². The van der Waals surface area contributed by atoms with E-state index in [4.69, 9.17) is 14.2 Å². The molecule has 0 N–H and O–H groups in total. The molecule has 0 amide bonds. The maximum atomic E-state index is 13.1. The second-order valence-corrected chi connectivity index (χ2v) is 6.46. The van der Waals surface area contributed by atoms with Crippen molar-refractivity contribution in [2.24, 2.45) is 7.05 Å². The van der Waals surface area contributed by atoms with E-state index in [1.807, 2.05) is 30.3 Å². The van der Waals surface area contributed by atoms with Crippen LogP contribution < -0.4 is 19.8 Å². The first-order valence-corrected chi connectivity index (χ1v) is 8.59. The van der Waals surface area contributed by atoms with Crippen LogP contribution in [0.2, 0.25) is 0 Å². The summed E-state index contributed by atoms with van der Waals surface area (Å²) in [6.45, 7) is 0. The summed E-state index contributed by atoms with van der Waals surface area (Å²) < 4.78 is 17.9. The zero-order valence-corrected chi connectivity index (χ0v) is 15.3. The predicted molar refractivity (Wildman–Crippen MR) is 101 cm³/mol. The lowest BCUT2D eigenvalue weighted by Crippen LogP contribution is -2.31. The molecule has 1 atom stereocenters. The lowest BCUT2D eigenvalue weighted by atomic mass is 9.85. The second kappa shape index (κ2) is 6.46. The Morgan fingerprint density at radius 3 is 2.59 bits per heavy atom. The van der Waals surface area contributed by atoms with E-state index in [0.29, 0.717) is 22.8 Å². The number of para-hydroxylation sites is 1. The van der Waals surface area contributed by atoms with Gasteiger partial charge in [0, 0.05) is 30.0 Å². The highest BCUT2D eigenvalue weighted by Gasteiger charge is 2.35. The van der Waals surface area contributed by atoms with Gasteiger partial charge in [-0.3, -0.25) is 9.59 Å². The van der Waals surface area contributed by atoms with Crippen LogP contribution >= 0.6 is 0 Å². The van der Waals surface area contributed by atoms with Crippen molar-refractivity contribution in [1.82, 2.24) is 4.57 Å². The van der Waals surface area contributed by atoms with Crippen LogP contribution in [0.25, 0.3) is 10.9 Å². The monoisotopic (exact) mass is 365 g/mol. The fourth-order valence-corrected chi connectivity index (χ4v) is 3.70. The number of pyridine rings is 1. The average Bonchev–Trinajstić information content (AvgIpc) is 2.70. The van der Waals surface area contributed by atoms with E-state index in [0.717, 1.165) is 16.5 Å². The number of carbonyl (C=O) groups excluding carboxylic acids is 1. The van der Waals surface area contributed by atoms with Crippen molar-refractivity contribution in [3.05, 3.63) is 63.9 Å². The number of benzene rings is 2. The lowest BCUT2D eigenvalue weighted by Gasteiger charge is -2.27. The average molecular weight is 365 g/mol. The number of carbonyl (C=O) groups is 1. The zero-order valence-electron chi connectivity index (χ0n) is 15.3. The SMILES string of the molecule is COc1ccc(C2CC(=O)Oc3c2c(=O)n(C)c2ccccc32)c(OC)c1. The molecule has 3 aromatic rings. The van der Waals surface area contributed by atoms with Gasteiger partial charge >= 0.3 is 5.97 Å². The summed E-state index contributed by atoms with van der Waals surface area (Å²) >= 11 is 0. The molecule has 2 heterocycles. The van der Waals surface area contributed by atoms with Crippen LogP contribution in [-0.4, -0.2) is 24.8 Å². The molecule has 4 rings (SSSR count). The topological polar surface area (TPSA) is 66.8 Å². The molecule has 1 unspecified atom stereocenters. The number of ether oxygens (including phenoxy) is 3. The summed E-state index contributed by atoms with van der Waals surface area (Å²) in [5.74, 6) is 0.720. The Kier molecular flexibility index (Phi) is 4.11. The van der Waals surface area contributed by atoms with E-state index < -0.39 is 5.92 Å². The summed E-state index contributed by atoms with van der Waals surface area (Å²) in [4.78, 5) is 25.5. The van der Waals surface area contributed by atoms with Gasteiger partial charge in [0.15, 0.2) is 0 Å². The van der Waals surface area contributed by atoms with E-state index in [1.165, 1.54) is 0 Å². The van der Waals surface area contributed by atoms with Crippen molar-refractivity contribution in [3.63, 3.8) is 0 Å². The number of fused-ring (bicyclic) bond motifs is 3. The molecule has 0 spiro atoms. The van der Waals surface area contributed by atoms with Gasteiger partial charge in [-0.05, 0) is 18.2 Å². The summed E-state index contributed by atoms with van der Waals surface area (Å²) in [7, 11) is 4.85. The molecule has 1 aliphatic rings. The van der Waals surface area contributed by atoms with Gasteiger partial charge in [-0.1, -0.05) is 18.2 Å². The number of esters is 1. The third kappa shape index (κ3) is 2.65. The fourth-order valence-electron chi connectivity index (χ4n) is 3.70. The number of aromatic nitrogens is 1. The molecule has 6 nitrogen and oxygen atoms in total. The van der Waals surface area contributed by atoms with Crippen LogP contribution in [0.4, 0.5) is 0 Å². The van der Waals surface area contributed by atoms with Crippen molar-refractivity contribution in [2.45, 2.75) is 12.3 Å². The Bertz CT molecular complexity index is 1120. The van der Waals surface area contributed by atoms with Crippen LogP contribution in [-0.2, 0) is 11.8 Å². The van der Waals surface area contributed by atoms with E-state index in [-0.39, 0.29) is 17.9 Å². The maximum Gasteiger partial charge on any atom is 0.312 e. The molecule has 27 heavy (non-hydrogen) atoms. The largest absolute Gasteiger partial charge is 0.497 e. The number of nitrogens with zero attached hydrogens (tertiary/aromatic N) is 1. The van der Waals surface area contributed by atoms with Gasteiger partial charge in [0.25, 0.3) is 5.56 Å². The molecule has 1 aliphatic heterocycles. The summed E-state index contributed by atoms with van der Waals surface area (Å²) in [5.41, 5.74) is 1.76. The molecular weight excluding hydrogens is 346 g/mol. The molecule has 0 saturated carbocycles. The molecule has 2 aromatic carbocycles. The minimum absolute atomic E-state index is 0.0727. The van der Waals surface area contributed by atoms with Gasteiger partial charge in [-0.15, -0.1) is 0 Å². The number of rotatable bonds is 3. The quantitative estimate of drug-likeness (QED) is 0.668. The van der Waals surface area contributed by atoms with Crippen molar-refractivity contribution >= 4 is 16.9 Å². The zero-order chi connectivity index (χ0) is 19.1. The van der Waals surface area contributed by atoms with Gasteiger partial charge in [-0.25, -0.2) is 0 Å². The molecule has 6 heteroatoms. The molecule has 0 fully saturated rings. The van der Waals surface area contributed by atoms with Crippen molar-refractivity contribution in [2.75, 3.05) is 14.2 Å². The Hall–Kier alpha value is -3.28. The van der Waals surface area contributed by atoms with Crippen LogP contribution in [0.15, 0.2) is 47.3 Å². The normalized spacial score (nSPS) is 16.0. The van der Waals surface area contributed by atoms with Crippen LogP contribution in [0.5, 0.6) is 17.2 Å². The van der Waals surface area contributed by atoms with Crippen molar-refractivity contribution in [3.8, 4) is 17.2 Å². The third-order valence-corrected chi connectivity index (χ3v) is 5.04. The van der Waals surface area contributed by atoms with Gasteiger partial charge in [0.05, 0.1) is 31.7 Å². The summed E-state index contributed by atoms with van der Waals surface area (Å²) in [6, 6.07) is 12.8. The van der Waals surface area contributed by atoms with Crippen LogP contribution in [0, 0.1) is 0 Å². The maximum absolute atomic E-state index is 13.1.